The second kappa shape index (κ2) is 17.9. The summed E-state index contributed by atoms with van der Waals surface area (Å²) in [4.78, 5) is 0. The molecule has 1 aliphatic heterocycles. The van der Waals surface area contributed by atoms with Crippen molar-refractivity contribution in [2.45, 2.75) is 128 Å². The molecule has 0 radical (unpaired) electrons. The quantitative estimate of drug-likeness (QED) is 0.234. The van der Waals surface area contributed by atoms with Gasteiger partial charge in [0.25, 0.3) is 0 Å². The number of hydrogen-bond donors (Lipinski definition) is 1. The number of aliphatic hydroxyl groups excluding tert-OH is 1. The minimum Gasteiger partial charge on any atom is -0.393 e. The average molecular weight is 385 g/mol. The van der Waals surface area contributed by atoms with Crippen molar-refractivity contribution >= 4 is 0 Å². The van der Waals surface area contributed by atoms with E-state index in [0.29, 0.717) is 6.61 Å². The summed E-state index contributed by atoms with van der Waals surface area (Å²) < 4.78 is 11.4. The standard InChI is InChI=1S/C24H48O3/c1-2-3-4-5-6-7-8-9-10-11-12-13-14-15-16-17-20-26-23-24(22-25)19-18-21-27-24/h25H,2-23H2,1H3/t24-/m0/s1. The molecule has 0 aromatic carbocycles. The van der Waals surface area contributed by atoms with E-state index < -0.39 is 5.60 Å². The normalized spacial score (nSPS) is 19.8. The highest BCUT2D eigenvalue weighted by Crippen LogP contribution is 2.25. The van der Waals surface area contributed by atoms with Crippen molar-refractivity contribution in [1.82, 2.24) is 0 Å². The van der Waals surface area contributed by atoms with Gasteiger partial charge in [-0.25, -0.2) is 0 Å². The van der Waals surface area contributed by atoms with Crippen LogP contribution in [0.3, 0.4) is 0 Å². The van der Waals surface area contributed by atoms with Crippen LogP contribution in [0.4, 0.5) is 0 Å². The molecule has 27 heavy (non-hydrogen) atoms. The first kappa shape index (κ1) is 24.9. The Morgan fingerprint density at radius 1 is 0.741 bits per heavy atom. The van der Waals surface area contributed by atoms with E-state index in [2.05, 4.69) is 6.92 Å². The van der Waals surface area contributed by atoms with Gasteiger partial charge in [0.2, 0.25) is 0 Å². The molecule has 1 atom stereocenters. The molecule has 0 saturated carbocycles. The third-order valence-corrected chi connectivity index (χ3v) is 5.98. The topological polar surface area (TPSA) is 38.7 Å². The van der Waals surface area contributed by atoms with Gasteiger partial charge in [0, 0.05) is 13.2 Å². The minimum atomic E-state index is -0.394. The van der Waals surface area contributed by atoms with Gasteiger partial charge in [-0.1, -0.05) is 103 Å². The predicted molar refractivity (Wildman–Crippen MR) is 115 cm³/mol. The largest absolute Gasteiger partial charge is 0.393 e. The average Bonchev–Trinajstić information content (AvgIpc) is 3.16. The molecule has 1 saturated heterocycles. The van der Waals surface area contributed by atoms with Crippen LogP contribution in [0.2, 0.25) is 0 Å². The molecule has 0 bridgehead atoms. The zero-order chi connectivity index (χ0) is 19.5. The highest BCUT2D eigenvalue weighted by Gasteiger charge is 2.34. The van der Waals surface area contributed by atoms with Crippen LogP contribution in [0.15, 0.2) is 0 Å². The molecule has 0 spiro atoms. The Labute approximate surface area is 169 Å². The minimum absolute atomic E-state index is 0.0892. The van der Waals surface area contributed by atoms with Gasteiger partial charge >= 0.3 is 0 Å². The van der Waals surface area contributed by atoms with Crippen molar-refractivity contribution in [2.75, 3.05) is 26.4 Å². The number of unbranched alkanes of at least 4 members (excludes halogenated alkanes) is 15. The van der Waals surface area contributed by atoms with Crippen LogP contribution in [0, 0.1) is 0 Å². The molecule has 3 heteroatoms. The summed E-state index contributed by atoms with van der Waals surface area (Å²) in [6.45, 7) is 4.51. The first-order valence-electron chi connectivity index (χ1n) is 12.2. The molecule has 162 valence electrons. The third-order valence-electron chi connectivity index (χ3n) is 5.98. The third kappa shape index (κ3) is 13.7. The number of rotatable bonds is 20. The molecule has 0 aromatic heterocycles. The Balaban J connectivity index is 1.71. The lowest BCUT2D eigenvalue weighted by Gasteiger charge is -2.25. The van der Waals surface area contributed by atoms with E-state index >= 15 is 0 Å². The zero-order valence-corrected chi connectivity index (χ0v) is 18.3. The summed E-state index contributed by atoms with van der Waals surface area (Å²) in [5.74, 6) is 0. The van der Waals surface area contributed by atoms with Crippen LogP contribution >= 0.6 is 0 Å². The van der Waals surface area contributed by atoms with Crippen molar-refractivity contribution in [1.29, 1.82) is 0 Å². The van der Waals surface area contributed by atoms with E-state index in [9.17, 15) is 5.11 Å². The van der Waals surface area contributed by atoms with E-state index in [1.54, 1.807) is 0 Å². The summed E-state index contributed by atoms with van der Waals surface area (Å²) in [5.41, 5.74) is -0.394. The number of ether oxygens (including phenoxy) is 2. The van der Waals surface area contributed by atoms with E-state index in [-0.39, 0.29) is 6.61 Å². The molecule has 0 unspecified atom stereocenters. The molecular weight excluding hydrogens is 336 g/mol. The van der Waals surface area contributed by atoms with Gasteiger partial charge in [0.1, 0.15) is 5.60 Å². The summed E-state index contributed by atoms with van der Waals surface area (Å²) >= 11 is 0. The summed E-state index contributed by atoms with van der Waals surface area (Å²) in [6.07, 6.45) is 24.3. The van der Waals surface area contributed by atoms with Crippen molar-refractivity contribution in [3.63, 3.8) is 0 Å². The lowest BCUT2D eigenvalue weighted by Crippen LogP contribution is -2.38. The van der Waals surface area contributed by atoms with Crippen LogP contribution in [0.25, 0.3) is 0 Å². The molecule has 0 amide bonds. The summed E-state index contributed by atoms with van der Waals surface area (Å²) in [6, 6.07) is 0. The van der Waals surface area contributed by atoms with Crippen molar-refractivity contribution in [3.8, 4) is 0 Å². The summed E-state index contributed by atoms with van der Waals surface area (Å²) in [5, 5.41) is 9.46. The Morgan fingerprint density at radius 2 is 1.22 bits per heavy atom. The number of hydrogen-bond acceptors (Lipinski definition) is 3. The van der Waals surface area contributed by atoms with Crippen LogP contribution in [-0.2, 0) is 9.47 Å². The van der Waals surface area contributed by atoms with Crippen molar-refractivity contribution < 1.29 is 14.6 Å². The van der Waals surface area contributed by atoms with Gasteiger partial charge in [0.05, 0.1) is 13.2 Å². The fourth-order valence-electron chi connectivity index (χ4n) is 4.05. The Kier molecular flexibility index (Phi) is 16.6. The Morgan fingerprint density at radius 3 is 1.63 bits per heavy atom. The molecule has 1 rings (SSSR count). The van der Waals surface area contributed by atoms with Crippen LogP contribution in [0.1, 0.15) is 122 Å². The lowest BCUT2D eigenvalue weighted by atomic mass is 10.0. The SMILES string of the molecule is CCCCCCCCCCCCCCCCCCOC[C@@]1(CO)CCCO1. The highest BCUT2D eigenvalue weighted by atomic mass is 16.6. The fraction of sp³-hybridized carbons (Fsp3) is 1.00. The van der Waals surface area contributed by atoms with Gasteiger partial charge < -0.3 is 14.6 Å². The maximum Gasteiger partial charge on any atom is 0.114 e. The van der Waals surface area contributed by atoms with Gasteiger partial charge in [0.15, 0.2) is 0 Å². The lowest BCUT2D eigenvalue weighted by molar-refractivity contribution is -0.0915. The maximum atomic E-state index is 9.46. The maximum absolute atomic E-state index is 9.46. The molecule has 1 heterocycles. The molecule has 1 aliphatic rings. The monoisotopic (exact) mass is 384 g/mol. The summed E-state index contributed by atoms with van der Waals surface area (Å²) in [7, 11) is 0. The smallest absolute Gasteiger partial charge is 0.114 e. The first-order chi connectivity index (χ1) is 13.3. The molecule has 0 aliphatic carbocycles. The molecule has 1 fully saturated rings. The second-order valence-electron chi connectivity index (χ2n) is 8.65. The van der Waals surface area contributed by atoms with E-state index in [1.165, 1.54) is 96.3 Å². The predicted octanol–water partition coefficient (Wildman–Crippen LogP) is 6.81. The van der Waals surface area contributed by atoms with E-state index in [4.69, 9.17) is 9.47 Å². The number of aliphatic hydroxyl groups is 1. The van der Waals surface area contributed by atoms with Gasteiger partial charge in [-0.15, -0.1) is 0 Å². The Bertz CT molecular complexity index is 300. The molecular formula is C24H48O3. The van der Waals surface area contributed by atoms with Crippen molar-refractivity contribution in [2.24, 2.45) is 0 Å². The fourth-order valence-corrected chi connectivity index (χ4v) is 4.05. The molecule has 1 N–H and O–H groups in total. The van der Waals surface area contributed by atoms with Gasteiger partial charge in [-0.05, 0) is 19.3 Å². The van der Waals surface area contributed by atoms with Crippen molar-refractivity contribution in [3.05, 3.63) is 0 Å². The van der Waals surface area contributed by atoms with Gasteiger partial charge in [-0.3, -0.25) is 0 Å². The van der Waals surface area contributed by atoms with Crippen LogP contribution in [-0.4, -0.2) is 37.1 Å². The Hall–Kier alpha value is -0.120. The molecule has 0 aromatic rings. The van der Waals surface area contributed by atoms with Crippen LogP contribution in [0.5, 0.6) is 0 Å². The highest BCUT2D eigenvalue weighted by molar-refractivity contribution is 4.84. The molecule has 3 nitrogen and oxygen atoms in total. The van der Waals surface area contributed by atoms with E-state index in [0.717, 1.165) is 32.5 Å². The zero-order valence-electron chi connectivity index (χ0n) is 18.3. The van der Waals surface area contributed by atoms with E-state index in [1.807, 2.05) is 0 Å². The van der Waals surface area contributed by atoms with Crippen LogP contribution < -0.4 is 0 Å². The van der Waals surface area contributed by atoms with Gasteiger partial charge in [-0.2, -0.15) is 0 Å². The first-order valence-corrected chi connectivity index (χ1v) is 12.2. The second-order valence-corrected chi connectivity index (χ2v) is 8.65.